The maximum absolute atomic E-state index is 11.8. The number of methoxy groups -OCH3 is 1. The minimum absolute atomic E-state index is 0.213. The molecule has 0 aromatic heterocycles. The summed E-state index contributed by atoms with van der Waals surface area (Å²) < 4.78 is 4.96. The van der Waals surface area contributed by atoms with Gasteiger partial charge in [-0.1, -0.05) is 6.92 Å². The Morgan fingerprint density at radius 3 is 2.50 bits per heavy atom. The van der Waals surface area contributed by atoms with Gasteiger partial charge < -0.3 is 4.74 Å². The van der Waals surface area contributed by atoms with E-state index >= 15 is 0 Å². The van der Waals surface area contributed by atoms with Crippen LogP contribution in [0, 0.1) is 5.92 Å². The molecule has 1 heterocycles. The van der Waals surface area contributed by atoms with Gasteiger partial charge in [-0.05, 0) is 39.5 Å². The number of ether oxygens (including phenoxy) is 1. The first-order valence-electron chi connectivity index (χ1n) is 7.15. The van der Waals surface area contributed by atoms with E-state index in [0.717, 1.165) is 13.0 Å². The van der Waals surface area contributed by atoms with Crippen LogP contribution in [-0.2, 0) is 9.53 Å². The molecule has 0 amide bonds. The predicted molar refractivity (Wildman–Crippen MR) is 74.8 cm³/mol. The molecule has 1 fully saturated rings. The number of nitrogens with zero attached hydrogens (tertiary/aromatic N) is 1. The first kappa shape index (κ1) is 15.6. The summed E-state index contributed by atoms with van der Waals surface area (Å²) in [6, 6.07) is 0.644. The summed E-state index contributed by atoms with van der Waals surface area (Å²) >= 11 is 0. The van der Waals surface area contributed by atoms with Crippen LogP contribution < -0.4 is 0 Å². The van der Waals surface area contributed by atoms with Crippen molar-refractivity contribution >= 4 is 5.78 Å². The van der Waals surface area contributed by atoms with Gasteiger partial charge in [0.15, 0.2) is 0 Å². The third-order valence-electron chi connectivity index (χ3n) is 3.94. The Labute approximate surface area is 112 Å². The van der Waals surface area contributed by atoms with Crippen LogP contribution in [0.4, 0.5) is 0 Å². The summed E-state index contributed by atoms with van der Waals surface area (Å²) in [5.41, 5.74) is 0.213. The first-order chi connectivity index (χ1) is 8.38. The molecule has 0 saturated carbocycles. The average molecular weight is 255 g/mol. The highest BCUT2D eigenvalue weighted by Gasteiger charge is 2.37. The Morgan fingerprint density at radius 1 is 1.39 bits per heavy atom. The number of likely N-dealkylation sites (tertiary alicyclic amines) is 1. The van der Waals surface area contributed by atoms with E-state index in [1.807, 2.05) is 0 Å². The van der Waals surface area contributed by atoms with E-state index in [1.165, 1.54) is 12.8 Å². The summed E-state index contributed by atoms with van der Waals surface area (Å²) in [4.78, 5) is 14.4. The van der Waals surface area contributed by atoms with Gasteiger partial charge in [0.1, 0.15) is 5.78 Å². The average Bonchev–Trinajstić information content (AvgIpc) is 2.69. The van der Waals surface area contributed by atoms with Gasteiger partial charge in [-0.15, -0.1) is 0 Å². The lowest BCUT2D eigenvalue weighted by atomic mass is 9.97. The molecule has 0 aliphatic carbocycles. The molecule has 106 valence electrons. The van der Waals surface area contributed by atoms with E-state index in [-0.39, 0.29) is 5.54 Å². The largest absolute Gasteiger partial charge is 0.384 e. The third-order valence-corrected chi connectivity index (χ3v) is 3.94. The van der Waals surface area contributed by atoms with E-state index in [2.05, 4.69) is 32.6 Å². The first-order valence-corrected chi connectivity index (χ1v) is 7.15. The molecule has 1 aliphatic heterocycles. The Hall–Kier alpha value is -0.410. The van der Waals surface area contributed by atoms with Crippen molar-refractivity contribution in [1.29, 1.82) is 0 Å². The number of carbonyl (C=O) groups is 1. The number of carbonyl (C=O) groups excluding carboxylic acids is 1. The SMILES string of the molecule is CCC1C[C@@H](CC(=O)CCOC)CN1C(C)(C)C. The minimum Gasteiger partial charge on any atom is -0.384 e. The van der Waals surface area contributed by atoms with E-state index in [9.17, 15) is 4.79 Å². The number of hydrogen-bond donors (Lipinski definition) is 0. The van der Waals surface area contributed by atoms with Crippen LogP contribution in [0.3, 0.4) is 0 Å². The second-order valence-electron chi connectivity index (χ2n) is 6.47. The molecule has 0 aromatic carbocycles. The molecular formula is C15H29NO2. The normalized spacial score (nSPS) is 25.6. The van der Waals surface area contributed by atoms with Crippen LogP contribution in [0.5, 0.6) is 0 Å². The van der Waals surface area contributed by atoms with Crippen molar-refractivity contribution in [1.82, 2.24) is 4.90 Å². The Kier molecular flexibility index (Phi) is 5.80. The maximum Gasteiger partial charge on any atom is 0.135 e. The van der Waals surface area contributed by atoms with Crippen molar-refractivity contribution < 1.29 is 9.53 Å². The van der Waals surface area contributed by atoms with Crippen molar-refractivity contribution in [3.8, 4) is 0 Å². The number of Topliss-reactive ketones (excluding diaryl/α,β-unsaturated/α-hetero) is 1. The molecule has 0 N–H and O–H groups in total. The molecule has 1 saturated heterocycles. The summed E-state index contributed by atoms with van der Waals surface area (Å²) in [6.07, 6.45) is 3.65. The van der Waals surface area contributed by atoms with Gasteiger partial charge in [-0.25, -0.2) is 0 Å². The monoisotopic (exact) mass is 255 g/mol. The molecule has 0 spiro atoms. The zero-order valence-corrected chi connectivity index (χ0v) is 12.7. The van der Waals surface area contributed by atoms with Gasteiger partial charge in [0.25, 0.3) is 0 Å². The lowest BCUT2D eigenvalue weighted by Crippen LogP contribution is -2.44. The van der Waals surface area contributed by atoms with Gasteiger partial charge in [-0.3, -0.25) is 9.69 Å². The number of hydrogen-bond acceptors (Lipinski definition) is 3. The highest BCUT2D eigenvalue weighted by Crippen LogP contribution is 2.33. The van der Waals surface area contributed by atoms with E-state index in [0.29, 0.717) is 30.8 Å². The lowest BCUT2D eigenvalue weighted by Gasteiger charge is -2.36. The van der Waals surface area contributed by atoms with Crippen molar-refractivity contribution in [3.63, 3.8) is 0 Å². The van der Waals surface area contributed by atoms with Gasteiger partial charge >= 0.3 is 0 Å². The summed E-state index contributed by atoms with van der Waals surface area (Å²) in [5.74, 6) is 0.894. The molecule has 2 atom stereocenters. The Bertz CT molecular complexity index is 270. The minimum atomic E-state index is 0.213. The summed E-state index contributed by atoms with van der Waals surface area (Å²) in [5, 5.41) is 0. The second kappa shape index (κ2) is 6.67. The molecule has 0 radical (unpaired) electrons. The molecule has 0 aromatic rings. The van der Waals surface area contributed by atoms with Crippen LogP contribution >= 0.6 is 0 Å². The molecule has 3 nitrogen and oxygen atoms in total. The van der Waals surface area contributed by atoms with E-state index in [4.69, 9.17) is 4.74 Å². The standard InChI is InChI=1S/C15H29NO2/c1-6-13-9-12(10-14(17)7-8-18-5)11-16(13)15(2,3)4/h12-13H,6-11H2,1-5H3/t12-,13?/m0/s1. The summed E-state index contributed by atoms with van der Waals surface area (Å²) in [7, 11) is 1.65. The highest BCUT2D eigenvalue weighted by molar-refractivity contribution is 5.78. The lowest BCUT2D eigenvalue weighted by molar-refractivity contribution is -0.120. The third kappa shape index (κ3) is 4.36. The fourth-order valence-electron chi connectivity index (χ4n) is 3.01. The number of rotatable bonds is 6. The van der Waals surface area contributed by atoms with Crippen molar-refractivity contribution in [2.45, 2.75) is 65.0 Å². The molecule has 1 aliphatic rings. The second-order valence-corrected chi connectivity index (χ2v) is 6.47. The van der Waals surface area contributed by atoms with Gasteiger partial charge in [0, 0.05) is 38.1 Å². The van der Waals surface area contributed by atoms with E-state index in [1.54, 1.807) is 7.11 Å². The smallest absolute Gasteiger partial charge is 0.135 e. The molecular weight excluding hydrogens is 226 g/mol. The quantitative estimate of drug-likeness (QED) is 0.731. The molecule has 3 heteroatoms. The molecule has 1 rings (SSSR count). The highest BCUT2D eigenvalue weighted by atomic mass is 16.5. The molecule has 1 unspecified atom stereocenters. The van der Waals surface area contributed by atoms with Gasteiger partial charge in [0.05, 0.1) is 6.61 Å². The van der Waals surface area contributed by atoms with Crippen LogP contribution in [0.25, 0.3) is 0 Å². The van der Waals surface area contributed by atoms with Crippen LogP contribution in [-0.4, -0.2) is 42.5 Å². The molecule has 0 bridgehead atoms. The fraction of sp³-hybridized carbons (Fsp3) is 0.933. The predicted octanol–water partition coefficient (Wildman–Crippen LogP) is 2.88. The summed E-state index contributed by atoms with van der Waals surface area (Å²) in [6.45, 7) is 10.7. The van der Waals surface area contributed by atoms with Crippen LogP contribution in [0.1, 0.15) is 53.4 Å². The van der Waals surface area contributed by atoms with E-state index < -0.39 is 0 Å². The Balaban J connectivity index is 2.49. The zero-order chi connectivity index (χ0) is 13.8. The van der Waals surface area contributed by atoms with Crippen molar-refractivity contribution in [2.24, 2.45) is 5.92 Å². The van der Waals surface area contributed by atoms with Gasteiger partial charge in [-0.2, -0.15) is 0 Å². The topological polar surface area (TPSA) is 29.5 Å². The van der Waals surface area contributed by atoms with Gasteiger partial charge in [0.2, 0.25) is 0 Å². The van der Waals surface area contributed by atoms with Crippen LogP contribution in [0.2, 0.25) is 0 Å². The van der Waals surface area contributed by atoms with Crippen molar-refractivity contribution in [2.75, 3.05) is 20.3 Å². The zero-order valence-electron chi connectivity index (χ0n) is 12.7. The van der Waals surface area contributed by atoms with Crippen LogP contribution in [0.15, 0.2) is 0 Å². The number of ketones is 1. The molecule has 18 heavy (non-hydrogen) atoms. The maximum atomic E-state index is 11.8. The fourth-order valence-corrected chi connectivity index (χ4v) is 3.01. The van der Waals surface area contributed by atoms with Crippen molar-refractivity contribution in [3.05, 3.63) is 0 Å². The Morgan fingerprint density at radius 2 is 2.06 bits per heavy atom.